The summed E-state index contributed by atoms with van der Waals surface area (Å²) in [6, 6.07) is 0. The second kappa shape index (κ2) is 11.1. The molecular formula is C33H56O3. The van der Waals surface area contributed by atoms with Crippen LogP contribution >= 0.6 is 0 Å². The Morgan fingerprint density at radius 3 is 2.44 bits per heavy atom. The Kier molecular flexibility index (Phi) is 8.70. The van der Waals surface area contributed by atoms with E-state index in [1.807, 2.05) is 0 Å². The van der Waals surface area contributed by atoms with Gasteiger partial charge >= 0.3 is 5.97 Å². The fourth-order valence-electron chi connectivity index (χ4n) is 9.45. The minimum atomic E-state index is -0.412. The van der Waals surface area contributed by atoms with Crippen molar-refractivity contribution in [2.45, 2.75) is 138 Å². The zero-order valence-corrected chi connectivity index (χ0v) is 24.5. The minimum Gasteiger partial charge on any atom is -0.462 e. The van der Waals surface area contributed by atoms with Crippen molar-refractivity contribution in [2.24, 2.45) is 52.3 Å². The largest absolute Gasteiger partial charge is 0.462 e. The molecule has 36 heavy (non-hydrogen) atoms. The smallest absolute Gasteiger partial charge is 0.306 e. The van der Waals surface area contributed by atoms with Crippen molar-refractivity contribution in [1.82, 2.24) is 0 Å². The van der Waals surface area contributed by atoms with Crippen LogP contribution in [0.3, 0.4) is 0 Å². The summed E-state index contributed by atoms with van der Waals surface area (Å²) in [4.78, 5) is 12.4. The molecule has 3 fully saturated rings. The van der Waals surface area contributed by atoms with Crippen molar-refractivity contribution in [2.75, 3.05) is 0 Å². The third kappa shape index (κ3) is 5.34. The van der Waals surface area contributed by atoms with Crippen LogP contribution in [-0.2, 0) is 9.53 Å². The van der Waals surface area contributed by atoms with Gasteiger partial charge in [0.1, 0.15) is 6.10 Å². The number of esters is 1. The zero-order valence-electron chi connectivity index (χ0n) is 24.5. The number of carbonyl (C=O) groups excluding carboxylic acids is 1. The first-order valence-electron chi connectivity index (χ1n) is 15.5. The second-order valence-electron chi connectivity index (χ2n) is 14.7. The monoisotopic (exact) mass is 500 g/mol. The Balaban J connectivity index is 1.44. The molecule has 0 saturated heterocycles. The van der Waals surface area contributed by atoms with Crippen LogP contribution in [0.4, 0.5) is 0 Å². The second-order valence-corrected chi connectivity index (χ2v) is 14.7. The van der Waals surface area contributed by atoms with Gasteiger partial charge in [-0.15, -0.1) is 0 Å². The van der Waals surface area contributed by atoms with Gasteiger partial charge in [-0.3, -0.25) is 4.79 Å². The first-order valence-corrected chi connectivity index (χ1v) is 15.5. The molecule has 206 valence electrons. The average Bonchev–Trinajstić information content (AvgIpc) is 3.16. The minimum absolute atomic E-state index is 0.0910. The van der Waals surface area contributed by atoms with E-state index in [1.165, 1.54) is 50.5 Å². The van der Waals surface area contributed by atoms with Crippen LogP contribution < -0.4 is 0 Å². The number of hydrogen-bond acceptors (Lipinski definition) is 3. The molecule has 0 aromatic carbocycles. The van der Waals surface area contributed by atoms with Crippen LogP contribution in [0, 0.1) is 52.3 Å². The summed E-state index contributed by atoms with van der Waals surface area (Å²) < 4.78 is 5.88. The van der Waals surface area contributed by atoms with Crippen molar-refractivity contribution in [3.8, 4) is 0 Å². The number of rotatable bonds is 9. The number of fused-ring (bicyclic) bond motifs is 5. The quantitative estimate of drug-likeness (QED) is 0.255. The van der Waals surface area contributed by atoms with E-state index in [4.69, 9.17) is 4.74 Å². The van der Waals surface area contributed by atoms with E-state index in [0.717, 1.165) is 42.9 Å². The lowest BCUT2D eigenvalue weighted by atomic mass is 9.46. The van der Waals surface area contributed by atoms with Gasteiger partial charge in [-0.1, -0.05) is 79.4 Å². The molecule has 0 amide bonds. The molecule has 0 bridgehead atoms. The Hall–Kier alpha value is -0.830. The maximum Gasteiger partial charge on any atom is 0.306 e. The molecule has 0 radical (unpaired) electrons. The van der Waals surface area contributed by atoms with Gasteiger partial charge in [0.15, 0.2) is 0 Å². The van der Waals surface area contributed by atoms with E-state index >= 15 is 0 Å². The van der Waals surface area contributed by atoms with E-state index in [1.54, 1.807) is 0 Å². The summed E-state index contributed by atoms with van der Waals surface area (Å²) >= 11 is 0. The molecule has 4 aliphatic carbocycles. The highest BCUT2D eigenvalue weighted by molar-refractivity contribution is 5.69. The van der Waals surface area contributed by atoms with Gasteiger partial charge in [0.2, 0.25) is 0 Å². The molecule has 3 saturated carbocycles. The summed E-state index contributed by atoms with van der Waals surface area (Å²) in [5, 5.41) is 11.6. The lowest BCUT2D eigenvalue weighted by Crippen LogP contribution is -2.56. The van der Waals surface area contributed by atoms with Gasteiger partial charge in [0.25, 0.3) is 0 Å². The van der Waals surface area contributed by atoms with Crippen LogP contribution in [0.2, 0.25) is 0 Å². The van der Waals surface area contributed by atoms with Crippen LogP contribution in [0.25, 0.3) is 0 Å². The number of aliphatic hydroxyl groups excluding tert-OH is 1. The van der Waals surface area contributed by atoms with Crippen LogP contribution in [0.15, 0.2) is 11.6 Å². The van der Waals surface area contributed by atoms with Crippen LogP contribution in [0.1, 0.15) is 126 Å². The predicted molar refractivity (Wildman–Crippen MR) is 148 cm³/mol. The molecule has 0 aromatic rings. The molecule has 9 atom stereocenters. The number of hydrogen-bond donors (Lipinski definition) is 1. The number of aliphatic hydroxyl groups is 1. The Morgan fingerprint density at radius 2 is 1.75 bits per heavy atom. The van der Waals surface area contributed by atoms with Gasteiger partial charge in [0.05, 0.1) is 6.10 Å². The molecule has 4 aliphatic rings. The van der Waals surface area contributed by atoms with E-state index in [0.29, 0.717) is 36.0 Å². The Morgan fingerprint density at radius 1 is 1.03 bits per heavy atom. The third-order valence-corrected chi connectivity index (χ3v) is 11.6. The molecule has 9 unspecified atom stereocenters. The highest BCUT2D eigenvalue weighted by Gasteiger charge is 2.61. The Bertz CT molecular complexity index is 799. The molecule has 3 nitrogen and oxygen atoms in total. The van der Waals surface area contributed by atoms with Crippen molar-refractivity contribution >= 4 is 5.97 Å². The van der Waals surface area contributed by atoms with Crippen LogP contribution in [-0.4, -0.2) is 23.3 Å². The van der Waals surface area contributed by atoms with Gasteiger partial charge in [-0.05, 0) is 85.4 Å². The maximum atomic E-state index is 12.4. The zero-order chi connectivity index (χ0) is 26.3. The average molecular weight is 501 g/mol. The molecule has 0 spiro atoms. The summed E-state index contributed by atoms with van der Waals surface area (Å²) in [6.45, 7) is 16.5. The summed E-state index contributed by atoms with van der Waals surface area (Å²) in [5.74, 6) is 4.98. The lowest BCUT2D eigenvalue weighted by Gasteiger charge is -2.59. The Labute approximate surface area is 222 Å². The predicted octanol–water partition coefficient (Wildman–Crippen LogP) is 8.35. The molecule has 0 aliphatic heterocycles. The van der Waals surface area contributed by atoms with Crippen molar-refractivity contribution in [3.05, 3.63) is 11.6 Å². The number of carbonyl (C=O) groups is 1. The first-order chi connectivity index (χ1) is 17.0. The topological polar surface area (TPSA) is 46.5 Å². The molecular weight excluding hydrogens is 444 g/mol. The standard InChI is InChI=1S/C33H56O3/c1-21(2)9-8-10-23(5)27-14-15-28-26-13-12-24-19-25(36-31(35)16-11-22(3)4)20-30(34)33(24,7)29(26)17-18-32(27,28)6/h12,21-23,25-30,34H,8-11,13-20H2,1-7H3. The molecule has 0 heterocycles. The first kappa shape index (κ1) is 28.2. The van der Waals surface area contributed by atoms with E-state index in [2.05, 4.69) is 54.5 Å². The maximum absolute atomic E-state index is 12.4. The van der Waals surface area contributed by atoms with Crippen molar-refractivity contribution < 1.29 is 14.6 Å². The molecule has 3 heteroatoms. The van der Waals surface area contributed by atoms with E-state index in [9.17, 15) is 9.90 Å². The van der Waals surface area contributed by atoms with Crippen LogP contribution in [0.5, 0.6) is 0 Å². The van der Waals surface area contributed by atoms with Gasteiger partial charge in [0, 0.05) is 24.7 Å². The van der Waals surface area contributed by atoms with Gasteiger partial charge in [-0.2, -0.15) is 0 Å². The van der Waals surface area contributed by atoms with E-state index in [-0.39, 0.29) is 17.5 Å². The SMILES string of the molecule is CC(C)CCCC(C)C1CCC2C3CC=C4CC(OC(=O)CCC(C)C)CC(O)C4(C)C3CCC12C. The molecule has 0 aromatic heterocycles. The van der Waals surface area contributed by atoms with Crippen molar-refractivity contribution in [1.29, 1.82) is 0 Å². The number of ether oxygens (including phenoxy) is 1. The fourth-order valence-corrected chi connectivity index (χ4v) is 9.45. The highest BCUT2D eigenvalue weighted by atomic mass is 16.5. The third-order valence-electron chi connectivity index (χ3n) is 11.6. The summed E-state index contributed by atoms with van der Waals surface area (Å²) in [6.07, 6.45) is 15.3. The fraction of sp³-hybridized carbons (Fsp3) is 0.909. The highest BCUT2D eigenvalue weighted by Crippen LogP contribution is 2.67. The number of allylic oxidation sites excluding steroid dienone is 1. The summed E-state index contributed by atoms with van der Waals surface area (Å²) in [5.41, 5.74) is 1.70. The molecule has 1 N–H and O–H groups in total. The van der Waals surface area contributed by atoms with E-state index < -0.39 is 6.10 Å². The molecule has 4 rings (SSSR count). The van der Waals surface area contributed by atoms with Gasteiger partial charge < -0.3 is 9.84 Å². The normalized spacial score (nSPS) is 40.9. The van der Waals surface area contributed by atoms with Crippen molar-refractivity contribution in [3.63, 3.8) is 0 Å². The lowest BCUT2D eigenvalue weighted by molar-refractivity contribution is -0.157. The summed E-state index contributed by atoms with van der Waals surface area (Å²) in [7, 11) is 0. The van der Waals surface area contributed by atoms with Gasteiger partial charge in [-0.25, -0.2) is 0 Å².